The Morgan fingerprint density at radius 1 is 1.56 bits per heavy atom. The smallest absolute Gasteiger partial charge is 0.123 e. The van der Waals surface area contributed by atoms with Crippen molar-refractivity contribution in [1.82, 2.24) is 0 Å². The molecule has 0 aromatic carbocycles. The molecule has 1 fully saturated rings. The molecular weight excluding hydrogens is 112 g/mol. The molecule has 0 aromatic heterocycles. The molecule has 2 unspecified atom stereocenters. The molecule has 2 nitrogen and oxygen atoms in total. The van der Waals surface area contributed by atoms with Crippen molar-refractivity contribution in [3.8, 4) is 0 Å². The fraction of sp³-hybridized carbons (Fsp3) is 0.714. The van der Waals surface area contributed by atoms with Gasteiger partial charge in [-0.1, -0.05) is 6.42 Å². The average molecular weight is 122 g/mol. The van der Waals surface area contributed by atoms with Crippen LogP contribution in [0.2, 0.25) is 0 Å². The van der Waals surface area contributed by atoms with Crippen molar-refractivity contribution < 1.29 is 0 Å². The lowest BCUT2D eigenvalue weighted by atomic mass is 10.00. The summed E-state index contributed by atoms with van der Waals surface area (Å²) >= 11 is 0. The van der Waals surface area contributed by atoms with Crippen molar-refractivity contribution in [3.63, 3.8) is 0 Å². The Hall–Kier alpha value is -0.660. The van der Waals surface area contributed by atoms with Crippen LogP contribution in [0, 0.1) is 17.2 Å². The van der Waals surface area contributed by atoms with Gasteiger partial charge in [-0.2, -0.15) is 0 Å². The first-order valence-corrected chi connectivity index (χ1v) is 3.50. The van der Waals surface area contributed by atoms with Crippen molar-refractivity contribution in [2.24, 2.45) is 16.8 Å². The number of hydrogen-bond donors (Lipinski definition) is 1. The molecule has 9 heavy (non-hydrogen) atoms. The molecule has 2 aliphatic rings. The summed E-state index contributed by atoms with van der Waals surface area (Å²) in [5, 5.41) is 7.38. The van der Waals surface area contributed by atoms with E-state index in [0.717, 1.165) is 0 Å². The molecule has 1 saturated carbocycles. The van der Waals surface area contributed by atoms with Gasteiger partial charge in [0.25, 0.3) is 0 Å². The molecule has 0 aromatic rings. The Labute approximate surface area is 54.5 Å². The molecule has 48 valence electrons. The Kier molecular flexibility index (Phi) is 0.949. The van der Waals surface area contributed by atoms with Gasteiger partial charge in [0.1, 0.15) is 5.84 Å². The lowest BCUT2D eigenvalue weighted by Gasteiger charge is -2.03. The summed E-state index contributed by atoms with van der Waals surface area (Å²) in [5.41, 5.74) is 0. The molecule has 0 bridgehead atoms. The topological polar surface area (TPSA) is 36.2 Å². The monoisotopic (exact) mass is 122 g/mol. The van der Waals surface area contributed by atoms with Gasteiger partial charge in [0.15, 0.2) is 0 Å². The van der Waals surface area contributed by atoms with Gasteiger partial charge in [0.05, 0.1) is 0 Å². The van der Waals surface area contributed by atoms with Gasteiger partial charge in [-0.3, -0.25) is 5.41 Å². The first kappa shape index (κ1) is 5.15. The summed E-state index contributed by atoms with van der Waals surface area (Å²) in [6.45, 7) is 0. The maximum absolute atomic E-state index is 7.38. The van der Waals surface area contributed by atoms with Crippen molar-refractivity contribution in [2.75, 3.05) is 0 Å². The number of nitrogens with zero attached hydrogens (tertiary/aromatic N) is 1. The zero-order chi connectivity index (χ0) is 6.27. The molecule has 2 rings (SSSR count). The molecule has 1 N–H and O–H groups in total. The van der Waals surface area contributed by atoms with Crippen molar-refractivity contribution in [3.05, 3.63) is 0 Å². The van der Waals surface area contributed by atoms with E-state index in [1.54, 1.807) is 0 Å². The molecular formula is C7H10N2. The van der Waals surface area contributed by atoms with Crippen LogP contribution >= 0.6 is 0 Å². The van der Waals surface area contributed by atoms with Gasteiger partial charge in [-0.15, -0.1) is 0 Å². The summed E-state index contributed by atoms with van der Waals surface area (Å²) in [6.07, 6.45) is 5.71. The first-order valence-electron chi connectivity index (χ1n) is 3.50. The van der Waals surface area contributed by atoms with E-state index in [1.807, 2.05) is 6.21 Å². The van der Waals surface area contributed by atoms with Crippen LogP contribution in [0.3, 0.4) is 0 Å². The SMILES string of the molecule is N=C1N=CC2CCCC12. The van der Waals surface area contributed by atoms with Crippen LogP contribution in [0.5, 0.6) is 0 Å². The minimum Gasteiger partial charge on any atom is -0.286 e. The fourth-order valence-electron chi connectivity index (χ4n) is 1.78. The van der Waals surface area contributed by atoms with E-state index in [9.17, 15) is 0 Å². The Morgan fingerprint density at radius 2 is 2.44 bits per heavy atom. The third kappa shape index (κ3) is 0.622. The number of fused-ring (bicyclic) bond motifs is 1. The van der Waals surface area contributed by atoms with Gasteiger partial charge < -0.3 is 0 Å². The average Bonchev–Trinajstić information content (AvgIpc) is 2.35. The molecule has 0 saturated heterocycles. The predicted molar refractivity (Wildman–Crippen MR) is 37.0 cm³/mol. The second-order valence-electron chi connectivity index (χ2n) is 2.86. The van der Waals surface area contributed by atoms with E-state index < -0.39 is 0 Å². The lowest BCUT2D eigenvalue weighted by molar-refractivity contribution is 0.649. The quantitative estimate of drug-likeness (QED) is 0.505. The third-order valence-corrected chi connectivity index (χ3v) is 2.33. The number of rotatable bonds is 0. The first-order chi connectivity index (χ1) is 4.38. The Balaban J connectivity index is 2.24. The molecule has 0 radical (unpaired) electrons. The molecule has 2 atom stereocenters. The summed E-state index contributed by atoms with van der Waals surface area (Å²) in [7, 11) is 0. The second kappa shape index (κ2) is 1.66. The van der Waals surface area contributed by atoms with Crippen LogP contribution in [0.1, 0.15) is 19.3 Å². The van der Waals surface area contributed by atoms with Crippen molar-refractivity contribution >= 4 is 12.1 Å². The maximum atomic E-state index is 7.38. The maximum Gasteiger partial charge on any atom is 0.123 e. The molecule has 1 aliphatic carbocycles. The standard InChI is InChI=1S/C7H10N2/c8-7-6-3-1-2-5(6)4-9-7/h4-6,8H,1-3H2. The molecule has 1 heterocycles. The number of hydrogen-bond acceptors (Lipinski definition) is 1. The Morgan fingerprint density at radius 3 is 3.22 bits per heavy atom. The normalized spacial score (nSPS) is 39.8. The predicted octanol–water partition coefficient (Wildman–Crippen LogP) is 1.46. The second-order valence-corrected chi connectivity index (χ2v) is 2.86. The van der Waals surface area contributed by atoms with Gasteiger partial charge in [-0.05, 0) is 12.8 Å². The number of aliphatic imine (C=N–C) groups is 1. The van der Waals surface area contributed by atoms with Gasteiger partial charge in [0.2, 0.25) is 0 Å². The van der Waals surface area contributed by atoms with Gasteiger partial charge in [-0.25, -0.2) is 4.99 Å². The molecule has 1 aliphatic heterocycles. The van der Waals surface area contributed by atoms with Crippen LogP contribution in [-0.4, -0.2) is 12.1 Å². The minimum absolute atomic E-state index is 0.505. The molecule has 0 spiro atoms. The molecule has 2 heteroatoms. The lowest BCUT2D eigenvalue weighted by Crippen LogP contribution is -2.08. The van der Waals surface area contributed by atoms with Crippen molar-refractivity contribution in [1.29, 1.82) is 5.41 Å². The van der Waals surface area contributed by atoms with E-state index >= 15 is 0 Å². The van der Waals surface area contributed by atoms with Gasteiger partial charge in [0, 0.05) is 18.1 Å². The largest absolute Gasteiger partial charge is 0.286 e. The number of amidine groups is 1. The van der Waals surface area contributed by atoms with Crippen LogP contribution in [-0.2, 0) is 0 Å². The van der Waals surface area contributed by atoms with Crippen molar-refractivity contribution in [2.45, 2.75) is 19.3 Å². The van der Waals surface area contributed by atoms with Crippen LogP contribution in [0.4, 0.5) is 0 Å². The van der Waals surface area contributed by atoms with E-state index in [1.165, 1.54) is 19.3 Å². The highest BCUT2D eigenvalue weighted by Gasteiger charge is 2.32. The third-order valence-electron chi connectivity index (χ3n) is 2.33. The zero-order valence-electron chi connectivity index (χ0n) is 5.30. The highest BCUT2D eigenvalue weighted by Crippen LogP contribution is 2.34. The van der Waals surface area contributed by atoms with Crippen LogP contribution in [0.25, 0.3) is 0 Å². The summed E-state index contributed by atoms with van der Waals surface area (Å²) in [4.78, 5) is 3.98. The van der Waals surface area contributed by atoms with Gasteiger partial charge >= 0.3 is 0 Å². The Bertz CT molecular complexity index is 172. The van der Waals surface area contributed by atoms with Crippen LogP contribution < -0.4 is 0 Å². The van der Waals surface area contributed by atoms with E-state index in [4.69, 9.17) is 5.41 Å². The fourth-order valence-corrected chi connectivity index (χ4v) is 1.78. The van der Waals surface area contributed by atoms with E-state index in [0.29, 0.717) is 17.7 Å². The highest BCUT2D eigenvalue weighted by atomic mass is 14.9. The summed E-state index contributed by atoms with van der Waals surface area (Å²) < 4.78 is 0. The minimum atomic E-state index is 0.505. The summed E-state index contributed by atoms with van der Waals surface area (Å²) in [6, 6.07) is 0. The zero-order valence-corrected chi connectivity index (χ0v) is 5.30. The molecule has 0 amide bonds. The van der Waals surface area contributed by atoms with E-state index in [2.05, 4.69) is 4.99 Å². The van der Waals surface area contributed by atoms with Crippen LogP contribution in [0.15, 0.2) is 4.99 Å². The van der Waals surface area contributed by atoms with E-state index in [-0.39, 0.29) is 0 Å². The number of nitrogens with one attached hydrogen (secondary N) is 1. The summed E-state index contributed by atoms with van der Waals surface area (Å²) in [5.74, 6) is 1.76. The highest BCUT2D eigenvalue weighted by molar-refractivity contribution is 5.97.